The summed E-state index contributed by atoms with van der Waals surface area (Å²) in [5.74, 6) is -0.154. The van der Waals surface area contributed by atoms with Crippen molar-refractivity contribution in [1.82, 2.24) is 0 Å². The number of aryl methyl sites for hydroxylation is 1. The maximum atomic E-state index is 11.5. The van der Waals surface area contributed by atoms with Gasteiger partial charge in [0.05, 0.1) is 0 Å². The Bertz CT molecular complexity index is 743. The summed E-state index contributed by atoms with van der Waals surface area (Å²) in [4.78, 5) is 27.6. The van der Waals surface area contributed by atoms with Gasteiger partial charge in [0.1, 0.15) is 17.9 Å². The lowest BCUT2D eigenvalue weighted by Crippen LogP contribution is -2.06. The number of rotatable bonds is 4. The summed E-state index contributed by atoms with van der Waals surface area (Å²) in [5, 5.41) is 4.52. The van der Waals surface area contributed by atoms with Gasteiger partial charge in [-0.1, -0.05) is 16.8 Å². The fraction of sp³-hybridized carbons (Fsp3) is 0.267. The normalized spacial score (nSPS) is 11.7. The molecule has 1 aromatic heterocycles. The van der Waals surface area contributed by atoms with Crippen LogP contribution < -0.4 is 5.63 Å². The van der Waals surface area contributed by atoms with E-state index >= 15 is 0 Å². The zero-order valence-electron chi connectivity index (χ0n) is 11.6. The van der Waals surface area contributed by atoms with Gasteiger partial charge < -0.3 is 9.25 Å². The van der Waals surface area contributed by atoms with Crippen LogP contribution in [0.1, 0.15) is 25.0 Å². The van der Waals surface area contributed by atoms with Crippen molar-refractivity contribution in [3.63, 3.8) is 0 Å². The van der Waals surface area contributed by atoms with Crippen LogP contribution in [0.25, 0.3) is 11.0 Å². The van der Waals surface area contributed by atoms with E-state index in [4.69, 9.17) is 9.25 Å². The van der Waals surface area contributed by atoms with Crippen LogP contribution in [0.4, 0.5) is 0 Å². The van der Waals surface area contributed by atoms with E-state index in [9.17, 15) is 9.59 Å². The summed E-state index contributed by atoms with van der Waals surface area (Å²) in [7, 11) is 0. The molecule has 20 heavy (non-hydrogen) atoms. The van der Waals surface area contributed by atoms with Gasteiger partial charge in [0, 0.05) is 23.9 Å². The van der Waals surface area contributed by atoms with Gasteiger partial charge in [-0.3, -0.25) is 4.79 Å². The maximum Gasteiger partial charge on any atom is 0.336 e. The first-order valence-electron chi connectivity index (χ1n) is 6.18. The number of Topliss-reactive ketones (excluding diaryl/α,β-unsaturated/α-hetero) is 1. The van der Waals surface area contributed by atoms with Crippen LogP contribution in [0.15, 0.2) is 38.6 Å². The predicted octanol–water partition coefficient (Wildman–Crippen LogP) is 2.58. The van der Waals surface area contributed by atoms with Gasteiger partial charge in [-0.15, -0.1) is 0 Å². The van der Waals surface area contributed by atoms with Crippen LogP contribution in [0.3, 0.4) is 0 Å². The molecule has 0 saturated carbocycles. The van der Waals surface area contributed by atoms with Crippen LogP contribution >= 0.6 is 0 Å². The monoisotopic (exact) mass is 273 g/mol. The second-order valence-corrected chi connectivity index (χ2v) is 4.60. The van der Waals surface area contributed by atoms with Crippen LogP contribution in [0, 0.1) is 6.92 Å². The molecule has 0 bridgehead atoms. The van der Waals surface area contributed by atoms with Gasteiger partial charge in [0.15, 0.2) is 5.78 Å². The molecule has 0 N–H and O–H groups in total. The van der Waals surface area contributed by atoms with Crippen LogP contribution in [-0.4, -0.2) is 11.5 Å². The molecule has 0 aliphatic rings. The number of ketones is 1. The molecule has 0 radical (unpaired) electrons. The Morgan fingerprint density at radius 3 is 2.75 bits per heavy atom. The Balaban J connectivity index is 2.34. The van der Waals surface area contributed by atoms with Gasteiger partial charge >= 0.3 is 5.63 Å². The van der Waals surface area contributed by atoms with Gasteiger partial charge in [-0.25, -0.2) is 4.79 Å². The molecule has 0 aliphatic heterocycles. The van der Waals surface area contributed by atoms with Gasteiger partial charge in [0.25, 0.3) is 0 Å². The molecule has 0 spiro atoms. The average Bonchev–Trinajstić information content (AvgIpc) is 2.39. The Kier molecular flexibility index (Phi) is 3.98. The van der Waals surface area contributed by atoms with E-state index in [1.807, 2.05) is 19.1 Å². The summed E-state index contributed by atoms with van der Waals surface area (Å²) in [6.07, 6.45) is 0. The minimum Gasteiger partial charge on any atom is -0.423 e. The second kappa shape index (κ2) is 5.69. The number of oxime groups is 1. The fourth-order valence-corrected chi connectivity index (χ4v) is 1.72. The van der Waals surface area contributed by atoms with E-state index in [0.29, 0.717) is 11.1 Å². The van der Waals surface area contributed by atoms with Crippen molar-refractivity contribution in [1.29, 1.82) is 0 Å². The zero-order chi connectivity index (χ0) is 14.7. The Hall–Kier alpha value is -2.43. The van der Waals surface area contributed by atoms with E-state index in [1.165, 1.54) is 13.0 Å². The standard InChI is InChI=1S/C15H15NO4/c1-9-4-5-14-13(6-9)12(7-15(18)20-14)8-19-16-10(2)11(3)17/h4-7H,8H2,1-3H3/b16-10+. The van der Waals surface area contributed by atoms with Crippen molar-refractivity contribution in [2.75, 3.05) is 0 Å². The zero-order valence-corrected chi connectivity index (χ0v) is 11.6. The van der Waals surface area contributed by atoms with E-state index in [0.717, 1.165) is 10.9 Å². The quantitative estimate of drug-likeness (QED) is 0.487. The third-order valence-electron chi connectivity index (χ3n) is 2.91. The number of carbonyl (C=O) groups is 1. The van der Waals surface area contributed by atoms with Gasteiger partial charge in [-0.2, -0.15) is 0 Å². The number of hydrogen-bond acceptors (Lipinski definition) is 5. The lowest BCUT2D eigenvalue weighted by atomic mass is 10.1. The molecule has 0 saturated heterocycles. The number of fused-ring (bicyclic) bond motifs is 1. The molecule has 1 heterocycles. The highest BCUT2D eigenvalue weighted by atomic mass is 16.6. The van der Waals surface area contributed by atoms with Crippen molar-refractivity contribution < 1.29 is 14.0 Å². The number of carbonyl (C=O) groups excluding carboxylic acids is 1. The number of benzene rings is 1. The maximum absolute atomic E-state index is 11.5. The number of nitrogens with zero attached hydrogens (tertiary/aromatic N) is 1. The second-order valence-electron chi connectivity index (χ2n) is 4.60. The molecule has 5 nitrogen and oxygen atoms in total. The Labute approximate surface area is 115 Å². The molecule has 0 unspecified atom stereocenters. The summed E-state index contributed by atoms with van der Waals surface area (Å²) < 4.78 is 5.12. The summed E-state index contributed by atoms with van der Waals surface area (Å²) in [6, 6.07) is 6.91. The van der Waals surface area contributed by atoms with E-state index in [2.05, 4.69) is 5.16 Å². The Morgan fingerprint density at radius 1 is 1.30 bits per heavy atom. The minimum absolute atomic E-state index is 0.107. The smallest absolute Gasteiger partial charge is 0.336 e. The molecular weight excluding hydrogens is 258 g/mol. The third-order valence-corrected chi connectivity index (χ3v) is 2.91. The molecule has 0 fully saturated rings. The van der Waals surface area contributed by atoms with Crippen molar-refractivity contribution in [2.45, 2.75) is 27.4 Å². The average molecular weight is 273 g/mol. The first kappa shape index (κ1) is 14.0. The summed E-state index contributed by atoms with van der Waals surface area (Å²) >= 11 is 0. The number of hydrogen-bond donors (Lipinski definition) is 0. The lowest BCUT2D eigenvalue weighted by Gasteiger charge is -2.05. The largest absolute Gasteiger partial charge is 0.423 e. The van der Waals surface area contributed by atoms with Crippen molar-refractivity contribution >= 4 is 22.5 Å². The van der Waals surface area contributed by atoms with Crippen LogP contribution in [0.2, 0.25) is 0 Å². The van der Waals surface area contributed by atoms with Crippen LogP contribution in [0.5, 0.6) is 0 Å². The molecule has 104 valence electrons. The van der Waals surface area contributed by atoms with E-state index < -0.39 is 5.63 Å². The third kappa shape index (κ3) is 3.12. The highest BCUT2D eigenvalue weighted by molar-refractivity contribution is 6.37. The topological polar surface area (TPSA) is 68.9 Å². The van der Waals surface area contributed by atoms with Crippen molar-refractivity contribution in [3.8, 4) is 0 Å². The molecule has 0 aliphatic carbocycles. The molecule has 0 amide bonds. The van der Waals surface area contributed by atoms with E-state index in [-0.39, 0.29) is 18.1 Å². The fourth-order valence-electron chi connectivity index (χ4n) is 1.72. The van der Waals surface area contributed by atoms with Crippen molar-refractivity contribution in [2.24, 2.45) is 5.16 Å². The molecule has 2 aromatic rings. The summed E-state index contributed by atoms with van der Waals surface area (Å²) in [6.45, 7) is 5.05. The molecule has 2 rings (SSSR count). The molecule has 5 heteroatoms. The van der Waals surface area contributed by atoms with Crippen molar-refractivity contribution in [3.05, 3.63) is 45.8 Å². The first-order valence-corrected chi connectivity index (χ1v) is 6.18. The predicted molar refractivity (Wildman–Crippen MR) is 75.8 cm³/mol. The summed E-state index contributed by atoms with van der Waals surface area (Å²) in [5.41, 5.74) is 2.09. The highest BCUT2D eigenvalue weighted by Crippen LogP contribution is 2.19. The Morgan fingerprint density at radius 2 is 2.05 bits per heavy atom. The molecule has 1 aromatic carbocycles. The minimum atomic E-state index is -0.438. The van der Waals surface area contributed by atoms with Crippen LogP contribution in [-0.2, 0) is 16.2 Å². The van der Waals surface area contributed by atoms with Gasteiger partial charge in [-0.05, 0) is 26.0 Å². The molecular formula is C15H15NO4. The first-order chi connectivity index (χ1) is 9.47. The van der Waals surface area contributed by atoms with Gasteiger partial charge in [0.2, 0.25) is 0 Å². The molecule has 0 atom stereocenters. The SMILES string of the molecule is CC(=O)/C(C)=N/OCc1cc(=O)oc2ccc(C)cc12. The lowest BCUT2D eigenvalue weighted by molar-refractivity contribution is -0.111. The highest BCUT2D eigenvalue weighted by Gasteiger charge is 2.07. The van der Waals surface area contributed by atoms with E-state index in [1.54, 1.807) is 13.0 Å².